The van der Waals surface area contributed by atoms with E-state index in [1.54, 1.807) is 14.2 Å². The molecule has 5 heteroatoms. The number of methoxy groups -OCH3 is 2. The van der Waals surface area contributed by atoms with E-state index in [2.05, 4.69) is 24.1 Å². The summed E-state index contributed by atoms with van der Waals surface area (Å²) in [7, 11) is 3.24. The SMILES string of the molecule is CCN1CCC(NCC(O)c2cc(OC)ccc2OC)C(C)C1. The third kappa shape index (κ3) is 4.59. The molecule has 0 spiro atoms. The third-order valence-corrected chi connectivity index (χ3v) is 4.81. The molecule has 0 aromatic heterocycles. The highest BCUT2D eigenvalue weighted by atomic mass is 16.5. The maximum absolute atomic E-state index is 10.6. The van der Waals surface area contributed by atoms with Crippen molar-refractivity contribution < 1.29 is 14.6 Å². The molecule has 3 unspecified atom stereocenters. The van der Waals surface area contributed by atoms with E-state index in [9.17, 15) is 5.11 Å². The van der Waals surface area contributed by atoms with Crippen LogP contribution in [0.2, 0.25) is 0 Å². The zero-order valence-corrected chi connectivity index (χ0v) is 14.7. The molecule has 0 aliphatic carbocycles. The highest BCUT2D eigenvalue weighted by Crippen LogP contribution is 2.29. The summed E-state index contributed by atoms with van der Waals surface area (Å²) >= 11 is 0. The van der Waals surface area contributed by atoms with Crippen LogP contribution in [-0.2, 0) is 0 Å². The van der Waals surface area contributed by atoms with Gasteiger partial charge in [-0.15, -0.1) is 0 Å². The Kier molecular flexibility index (Phi) is 6.69. The van der Waals surface area contributed by atoms with E-state index in [0.717, 1.165) is 37.4 Å². The lowest BCUT2D eigenvalue weighted by Crippen LogP contribution is -2.49. The first-order chi connectivity index (χ1) is 11.1. The van der Waals surface area contributed by atoms with Gasteiger partial charge in [0, 0.05) is 24.7 Å². The van der Waals surface area contributed by atoms with Gasteiger partial charge in [-0.1, -0.05) is 13.8 Å². The Bertz CT molecular complexity index is 495. The number of nitrogens with one attached hydrogen (secondary N) is 1. The van der Waals surface area contributed by atoms with Crippen LogP contribution in [0.4, 0.5) is 0 Å². The van der Waals surface area contributed by atoms with E-state index in [0.29, 0.717) is 24.3 Å². The molecule has 130 valence electrons. The van der Waals surface area contributed by atoms with Crippen LogP contribution < -0.4 is 14.8 Å². The fourth-order valence-electron chi connectivity index (χ4n) is 3.30. The first kappa shape index (κ1) is 18.0. The smallest absolute Gasteiger partial charge is 0.124 e. The number of aliphatic hydroxyl groups is 1. The van der Waals surface area contributed by atoms with Crippen LogP contribution in [0.25, 0.3) is 0 Å². The quantitative estimate of drug-likeness (QED) is 0.805. The van der Waals surface area contributed by atoms with Crippen molar-refractivity contribution in [2.75, 3.05) is 40.4 Å². The van der Waals surface area contributed by atoms with Crippen molar-refractivity contribution in [2.24, 2.45) is 5.92 Å². The lowest BCUT2D eigenvalue weighted by Gasteiger charge is -2.37. The number of benzene rings is 1. The van der Waals surface area contributed by atoms with Gasteiger partial charge in [0.25, 0.3) is 0 Å². The summed E-state index contributed by atoms with van der Waals surface area (Å²) in [4.78, 5) is 2.48. The van der Waals surface area contributed by atoms with Crippen molar-refractivity contribution >= 4 is 0 Å². The summed E-state index contributed by atoms with van der Waals surface area (Å²) < 4.78 is 10.6. The molecule has 1 fully saturated rings. The monoisotopic (exact) mass is 322 g/mol. The van der Waals surface area contributed by atoms with Crippen molar-refractivity contribution in [3.05, 3.63) is 23.8 Å². The molecule has 1 aliphatic heterocycles. The Morgan fingerprint density at radius 1 is 1.35 bits per heavy atom. The number of likely N-dealkylation sites (tertiary alicyclic amines) is 1. The number of ether oxygens (including phenoxy) is 2. The molecule has 23 heavy (non-hydrogen) atoms. The Morgan fingerprint density at radius 2 is 2.13 bits per heavy atom. The molecule has 1 heterocycles. The Morgan fingerprint density at radius 3 is 2.74 bits per heavy atom. The molecule has 3 atom stereocenters. The van der Waals surface area contributed by atoms with Gasteiger partial charge in [-0.25, -0.2) is 0 Å². The molecule has 0 saturated carbocycles. The second kappa shape index (κ2) is 8.52. The minimum absolute atomic E-state index is 0.448. The number of rotatable bonds is 7. The Balaban J connectivity index is 1.95. The fourth-order valence-corrected chi connectivity index (χ4v) is 3.30. The van der Waals surface area contributed by atoms with Crippen molar-refractivity contribution in [2.45, 2.75) is 32.4 Å². The van der Waals surface area contributed by atoms with Crippen molar-refractivity contribution in [1.82, 2.24) is 10.2 Å². The van der Waals surface area contributed by atoms with Crippen LogP contribution in [0.15, 0.2) is 18.2 Å². The molecule has 5 nitrogen and oxygen atoms in total. The average molecular weight is 322 g/mol. The lowest BCUT2D eigenvalue weighted by molar-refractivity contribution is 0.126. The highest BCUT2D eigenvalue weighted by Gasteiger charge is 2.26. The van der Waals surface area contributed by atoms with Gasteiger partial charge in [-0.05, 0) is 43.6 Å². The van der Waals surface area contributed by atoms with E-state index in [1.807, 2.05) is 18.2 Å². The van der Waals surface area contributed by atoms with E-state index >= 15 is 0 Å². The van der Waals surface area contributed by atoms with Crippen molar-refractivity contribution in [3.8, 4) is 11.5 Å². The molecule has 0 amide bonds. The third-order valence-electron chi connectivity index (χ3n) is 4.81. The minimum atomic E-state index is -0.614. The number of aliphatic hydroxyl groups excluding tert-OH is 1. The normalized spacial score (nSPS) is 23.5. The topological polar surface area (TPSA) is 54.0 Å². The number of hydrogen-bond acceptors (Lipinski definition) is 5. The molecule has 2 N–H and O–H groups in total. The van der Waals surface area contributed by atoms with Crippen LogP contribution >= 0.6 is 0 Å². The average Bonchev–Trinajstić information content (AvgIpc) is 2.59. The van der Waals surface area contributed by atoms with Gasteiger partial charge >= 0.3 is 0 Å². The van der Waals surface area contributed by atoms with Crippen molar-refractivity contribution in [3.63, 3.8) is 0 Å². The maximum Gasteiger partial charge on any atom is 0.124 e. The zero-order valence-electron chi connectivity index (χ0n) is 14.7. The van der Waals surface area contributed by atoms with Gasteiger partial charge in [-0.3, -0.25) is 0 Å². The second-order valence-electron chi connectivity index (χ2n) is 6.30. The summed E-state index contributed by atoms with van der Waals surface area (Å²) in [5.41, 5.74) is 0.762. The molecular weight excluding hydrogens is 292 g/mol. The maximum atomic E-state index is 10.6. The summed E-state index contributed by atoms with van der Waals surface area (Å²) in [5, 5.41) is 14.1. The van der Waals surface area contributed by atoms with Crippen LogP contribution in [0.5, 0.6) is 11.5 Å². The number of hydrogen-bond donors (Lipinski definition) is 2. The Hall–Kier alpha value is -1.30. The molecule has 2 rings (SSSR count). The van der Waals surface area contributed by atoms with E-state index in [1.165, 1.54) is 0 Å². The van der Waals surface area contributed by atoms with Gasteiger partial charge in [0.2, 0.25) is 0 Å². The van der Waals surface area contributed by atoms with E-state index in [-0.39, 0.29) is 0 Å². The predicted octanol–water partition coefficient (Wildman–Crippen LogP) is 2.06. The van der Waals surface area contributed by atoms with Crippen LogP contribution in [-0.4, -0.2) is 56.4 Å². The first-order valence-corrected chi connectivity index (χ1v) is 8.44. The second-order valence-corrected chi connectivity index (χ2v) is 6.30. The molecule has 1 aromatic rings. The predicted molar refractivity (Wildman–Crippen MR) is 92.2 cm³/mol. The van der Waals surface area contributed by atoms with Crippen LogP contribution in [0.3, 0.4) is 0 Å². The molecule has 1 aliphatic rings. The van der Waals surface area contributed by atoms with Gasteiger partial charge in [0.1, 0.15) is 11.5 Å². The van der Waals surface area contributed by atoms with E-state index < -0.39 is 6.10 Å². The molecule has 0 radical (unpaired) electrons. The molecule has 1 saturated heterocycles. The van der Waals surface area contributed by atoms with Crippen LogP contribution in [0, 0.1) is 5.92 Å². The fraction of sp³-hybridized carbons (Fsp3) is 0.667. The number of piperidine rings is 1. The van der Waals surface area contributed by atoms with Crippen molar-refractivity contribution in [1.29, 1.82) is 0 Å². The minimum Gasteiger partial charge on any atom is -0.497 e. The summed E-state index contributed by atoms with van der Waals surface area (Å²) in [6, 6.07) is 5.96. The summed E-state index contributed by atoms with van der Waals surface area (Å²) in [6.07, 6.45) is 0.508. The molecule has 0 bridgehead atoms. The standard InChI is InChI=1S/C18H30N2O3/c1-5-20-9-8-16(13(2)12-20)19-11-17(21)15-10-14(22-3)6-7-18(15)23-4/h6-7,10,13,16-17,19,21H,5,8-9,11-12H2,1-4H3. The van der Waals surface area contributed by atoms with Gasteiger partial charge in [0.05, 0.1) is 20.3 Å². The van der Waals surface area contributed by atoms with Gasteiger partial charge in [-0.2, -0.15) is 0 Å². The summed E-state index contributed by atoms with van der Waals surface area (Å²) in [5.74, 6) is 2.00. The Labute approximate surface area is 139 Å². The number of nitrogens with zero attached hydrogens (tertiary/aromatic N) is 1. The van der Waals surface area contributed by atoms with Gasteiger partial charge in [0.15, 0.2) is 0 Å². The zero-order chi connectivity index (χ0) is 16.8. The first-order valence-electron chi connectivity index (χ1n) is 8.44. The molecular formula is C18H30N2O3. The van der Waals surface area contributed by atoms with Crippen LogP contribution in [0.1, 0.15) is 31.9 Å². The lowest BCUT2D eigenvalue weighted by atomic mass is 9.93. The summed E-state index contributed by atoms with van der Waals surface area (Å²) in [6.45, 7) is 8.35. The van der Waals surface area contributed by atoms with Gasteiger partial charge < -0.3 is 24.8 Å². The highest BCUT2D eigenvalue weighted by molar-refractivity contribution is 5.41. The molecule has 1 aromatic carbocycles. The largest absolute Gasteiger partial charge is 0.497 e. The van der Waals surface area contributed by atoms with E-state index in [4.69, 9.17) is 9.47 Å².